The van der Waals surface area contributed by atoms with Crippen LogP contribution in [0.15, 0.2) is 39.5 Å². The molecule has 6 heteroatoms. The van der Waals surface area contributed by atoms with Gasteiger partial charge in [-0.2, -0.15) is 0 Å². The number of carbonyl (C=O) groups excluding carboxylic acids is 2. The fourth-order valence-electron chi connectivity index (χ4n) is 2.23. The summed E-state index contributed by atoms with van der Waals surface area (Å²) in [6.07, 6.45) is 0. The summed E-state index contributed by atoms with van der Waals surface area (Å²) < 4.78 is 10.4. The summed E-state index contributed by atoms with van der Waals surface area (Å²) in [5.74, 6) is -0.0633. The first-order chi connectivity index (χ1) is 10.9. The Kier molecular flexibility index (Phi) is 5.16. The Bertz CT molecular complexity index is 778. The summed E-state index contributed by atoms with van der Waals surface area (Å²) in [6, 6.07) is 7.43. The number of Topliss-reactive ketones (excluding diaryl/α,β-unsaturated/α-hetero) is 1. The summed E-state index contributed by atoms with van der Waals surface area (Å²) in [7, 11) is 0. The molecule has 6 nitrogen and oxygen atoms in total. The third kappa shape index (κ3) is 4.42. The Labute approximate surface area is 133 Å². The predicted octanol–water partition coefficient (Wildman–Crippen LogP) is 1.90. The van der Waals surface area contributed by atoms with Crippen LogP contribution in [0.1, 0.15) is 20.8 Å². The van der Waals surface area contributed by atoms with Crippen LogP contribution in [0.4, 0.5) is 0 Å². The van der Waals surface area contributed by atoms with E-state index in [2.05, 4.69) is 5.32 Å². The number of nitrogens with one attached hydrogen (secondary N) is 1. The minimum atomic E-state index is -0.527. The molecule has 0 bridgehead atoms. The second-order valence-electron chi connectivity index (χ2n) is 5.64. The summed E-state index contributed by atoms with van der Waals surface area (Å²) in [6.45, 7) is 4.94. The molecule has 0 spiro atoms. The van der Waals surface area contributed by atoms with Crippen LogP contribution in [0, 0.1) is 5.92 Å². The number of ketones is 1. The van der Waals surface area contributed by atoms with Crippen molar-refractivity contribution in [2.75, 3.05) is 6.61 Å². The second kappa shape index (κ2) is 7.09. The molecular weight excluding hydrogens is 298 g/mol. The third-order valence-electron chi connectivity index (χ3n) is 3.39. The normalized spacial score (nSPS) is 12.2. The topological polar surface area (TPSA) is 85.6 Å². The van der Waals surface area contributed by atoms with E-state index in [9.17, 15) is 14.4 Å². The van der Waals surface area contributed by atoms with E-state index < -0.39 is 11.7 Å². The number of hydrogen-bond donors (Lipinski definition) is 1. The number of rotatable bonds is 6. The van der Waals surface area contributed by atoms with Gasteiger partial charge in [0.25, 0.3) is 5.91 Å². The molecular formula is C17H19NO5. The van der Waals surface area contributed by atoms with Gasteiger partial charge in [0, 0.05) is 17.5 Å². The highest BCUT2D eigenvalue weighted by atomic mass is 16.5. The van der Waals surface area contributed by atoms with E-state index >= 15 is 0 Å². The van der Waals surface area contributed by atoms with Crippen molar-refractivity contribution in [2.45, 2.75) is 26.8 Å². The lowest BCUT2D eigenvalue weighted by molar-refractivity contribution is -0.129. The molecule has 1 amide bonds. The van der Waals surface area contributed by atoms with E-state index in [1.165, 1.54) is 13.0 Å². The second-order valence-corrected chi connectivity index (χ2v) is 5.64. The standard InChI is InChI=1S/C17H19NO5/c1-10(2)17(11(3)19)18-15(20)9-22-13-6-4-12-5-7-16(21)23-14(12)8-13/h4-8,10,17H,9H2,1-3H3,(H,18,20). The average Bonchev–Trinajstić information content (AvgIpc) is 2.49. The molecule has 1 aromatic carbocycles. The Morgan fingerprint density at radius 1 is 1.22 bits per heavy atom. The Morgan fingerprint density at radius 2 is 1.91 bits per heavy atom. The van der Waals surface area contributed by atoms with E-state index in [0.29, 0.717) is 11.3 Å². The molecule has 1 unspecified atom stereocenters. The number of fused-ring (bicyclic) bond motifs is 1. The van der Waals surface area contributed by atoms with Gasteiger partial charge in [0.1, 0.15) is 11.3 Å². The van der Waals surface area contributed by atoms with Crippen molar-refractivity contribution >= 4 is 22.7 Å². The number of benzene rings is 1. The lowest BCUT2D eigenvalue weighted by Crippen LogP contribution is -2.45. The van der Waals surface area contributed by atoms with Crippen LogP contribution in [0.2, 0.25) is 0 Å². The maximum Gasteiger partial charge on any atom is 0.336 e. The van der Waals surface area contributed by atoms with Crippen LogP contribution in [0.5, 0.6) is 5.75 Å². The van der Waals surface area contributed by atoms with Crippen LogP contribution in [0.25, 0.3) is 11.0 Å². The molecule has 0 aliphatic heterocycles. The van der Waals surface area contributed by atoms with Crippen LogP contribution in [0.3, 0.4) is 0 Å². The molecule has 0 radical (unpaired) electrons. The largest absolute Gasteiger partial charge is 0.484 e. The molecule has 0 saturated carbocycles. The van der Waals surface area contributed by atoms with Crippen molar-refractivity contribution in [1.29, 1.82) is 0 Å². The van der Waals surface area contributed by atoms with E-state index in [-0.39, 0.29) is 24.2 Å². The fraction of sp³-hybridized carbons (Fsp3) is 0.353. The quantitative estimate of drug-likeness (QED) is 0.822. The van der Waals surface area contributed by atoms with E-state index in [1.54, 1.807) is 24.3 Å². The van der Waals surface area contributed by atoms with Crippen molar-refractivity contribution in [3.63, 3.8) is 0 Å². The number of hydrogen-bond acceptors (Lipinski definition) is 5. The summed E-state index contributed by atoms with van der Waals surface area (Å²) in [5, 5.41) is 3.41. The SMILES string of the molecule is CC(=O)C(NC(=O)COc1ccc2ccc(=O)oc2c1)C(C)C. The molecule has 1 N–H and O–H groups in total. The zero-order chi connectivity index (χ0) is 17.0. The number of ether oxygens (including phenoxy) is 1. The molecule has 0 saturated heterocycles. The molecule has 1 aromatic heterocycles. The Morgan fingerprint density at radius 3 is 2.57 bits per heavy atom. The zero-order valence-corrected chi connectivity index (χ0v) is 13.3. The Hall–Kier alpha value is -2.63. The highest BCUT2D eigenvalue weighted by Crippen LogP contribution is 2.19. The van der Waals surface area contributed by atoms with Gasteiger partial charge in [-0.1, -0.05) is 13.8 Å². The molecule has 1 atom stereocenters. The van der Waals surface area contributed by atoms with Crippen molar-refractivity contribution < 1.29 is 18.7 Å². The van der Waals surface area contributed by atoms with Crippen LogP contribution in [-0.2, 0) is 9.59 Å². The van der Waals surface area contributed by atoms with Gasteiger partial charge < -0.3 is 14.5 Å². The van der Waals surface area contributed by atoms with Gasteiger partial charge in [-0.05, 0) is 31.0 Å². The first kappa shape index (κ1) is 16.7. The molecule has 0 aliphatic rings. The monoisotopic (exact) mass is 317 g/mol. The molecule has 23 heavy (non-hydrogen) atoms. The van der Waals surface area contributed by atoms with Crippen molar-refractivity contribution in [3.8, 4) is 5.75 Å². The zero-order valence-electron chi connectivity index (χ0n) is 13.3. The molecule has 1 heterocycles. The Balaban J connectivity index is 2.01. The van der Waals surface area contributed by atoms with Gasteiger partial charge in [0.2, 0.25) is 0 Å². The van der Waals surface area contributed by atoms with Gasteiger partial charge in [0.05, 0.1) is 6.04 Å². The minimum Gasteiger partial charge on any atom is -0.484 e. The van der Waals surface area contributed by atoms with Crippen molar-refractivity contribution in [2.24, 2.45) is 5.92 Å². The van der Waals surface area contributed by atoms with Crippen LogP contribution in [-0.4, -0.2) is 24.3 Å². The van der Waals surface area contributed by atoms with E-state index in [0.717, 1.165) is 5.39 Å². The first-order valence-electron chi connectivity index (χ1n) is 7.33. The molecule has 0 aliphatic carbocycles. The van der Waals surface area contributed by atoms with Crippen LogP contribution < -0.4 is 15.7 Å². The minimum absolute atomic E-state index is 0.00592. The fourth-order valence-corrected chi connectivity index (χ4v) is 2.23. The lowest BCUT2D eigenvalue weighted by atomic mass is 10.0. The van der Waals surface area contributed by atoms with Crippen molar-refractivity contribution in [3.05, 3.63) is 40.8 Å². The average molecular weight is 317 g/mol. The van der Waals surface area contributed by atoms with E-state index in [4.69, 9.17) is 9.15 Å². The van der Waals surface area contributed by atoms with Gasteiger partial charge in [-0.15, -0.1) is 0 Å². The maximum atomic E-state index is 11.9. The van der Waals surface area contributed by atoms with Gasteiger partial charge >= 0.3 is 5.63 Å². The molecule has 0 fully saturated rings. The molecule has 2 rings (SSSR count). The highest BCUT2D eigenvalue weighted by molar-refractivity contribution is 5.88. The highest BCUT2D eigenvalue weighted by Gasteiger charge is 2.20. The molecule has 2 aromatic rings. The maximum absolute atomic E-state index is 11.9. The number of carbonyl (C=O) groups is 2. The van der Waals surface area contributed by atoms with E-state index in [1.807, 2.05) is 13.8 Å². The summed E-state index contributed by atoms with van der Waals surface area (Å²) in [4.78, 5) is 34.6. The van der Waals surface area contributed by atoms with Gasteiger partial charge in [-0.25, -0.2) is 4.79 Å². The molecule has 122 valence electrons. The van der Waals surface area contributed by atoms with Crippen LogP contribution >= 0.6 is 0 Å². The predicted molar refractivity (Wildman–Crippen MR) is 85.4 cm³/mol. The smallest absolute Gasteiger partial charge is 0.336 e. The van der Waals surface area contributed by atoms with Gasteiger partial charge in [-0.3, -0.25) is 9.59 Å². The lowest BCUT2D eigenvalue weighted by Gasteiger charge is -2.19. The first-order valence-corrected chi connectivity index (χ1v) is 7.33. The van der Waals surface area contributed by atoms with Crippen molar-refractivity contribution in [1.82, 2.24) is 5.32 Å². The van der Waals surface area contributed by atoms with Gasteiger partial charge in [0.15, 0.2) is 12.4 Å². The summed E-state index contributed by atoms with van der Waals surface area (Å²) >= 11 is 0. The third-order valence-corrected chi connectivity index (χ3v) is 3.39. The summed E-state index contributed by atoms with van der Waals surface area (Å²) in [5.41, 5.74) is -0.0622. The number of amides is 1.